The Morgan fingerprint density at radius 3 is 2.45 bits per heavy atom. The van der Waals surface area contributed by atoms with Crippen LogP contribution in [0.4, 0.5) is 14.5 Å². The second-order valence-electron chi connectivity index (χ2n) is 6.62. The van der Waals surface area contributed by atoms with Gasteiger partial charge in [-0.3, -0.25) is 4.79 Å². The predicted molar refractivity (Wildman–Crippen MR) is 111 cm³/mol. The zero-order valence-corrected chi connectivity index (χ0v) is 17.6. The molecular formula is C20H21ClF2N2O3S. The number of hydrogen-bond acceptors (Lipinski definition) is 4. The first kappa shape index (κ1) is 22.8. The Bertz CT molecular complexity index is 1040. The third kappa shape index (κ3) is 6.54. The van der Waals surface area contributed by atoms with Crippen molar-refractivity contribution in [2.24, 2.45) is 0 Å². The number of carbonyl (C=O) groups is 1. The number of anilines is 1. The zero-order chi connectivity index (χ0) is 21.8. The molecule has 1 amide bonds. The lowest BCUT2D eigenvalue weighted by molar-refractivity contribution is 0.0943. The fourth-order valence-electron chi connectivity index (χ4n) is 2.56. The van der Waals surface area contributed by atoms with Gasteiger partial charge in [0, 0.05) is 23.4 Å². The normalized spacial score (nSPS) is 13.9. The lowest BCUT2D eigenvalue weighted by Gasteiger charge is -2.18. The van der Waals surface area contributed by atoms with E-state index in [-0.39, 0.29) is 10.6 Å². The number of carbonyl (C=O) groups excluding carboxylic acids is 1. The summed E-state index contributed by atoms with van der Waals surface area (Å²) in [6.45, 7) is 3.31. The molecule has 156 valence electrons. The van der Waals surface area contributed by atoms with E-state index in [1.165, 1.54) is 30.3 Å². The predicted octanol–water partition coefficient (Wildman–Crippen LogP) is 4.47. The average Bonchev–Trinajstić information content (AvgIpc) is 2.61. The Kier molecular flexibility index (Phi) is 7.37. The van der Waals surface area contributed by atoms with E-state index in [1.54, 1.807) is 19.9 Å². The number of benzene rings is 2. The van der Waals surface area contributed by atoms with Crippen molar-refractivity contribution < 1.29 is 22.0 Å². The number of rotatable bonds is 7. The highest BCUT2D eigenvalue weighted by Crippen LogP contribution is 2.28. The highest BCUT2D eigenvalue weighted by Gasteiger charge is 2.16. The standard InChI is InChI=1S/C20H21ClF2N2O3S/c1-12(9-10-29(3,27)28)24-20(26)16-8-7-14(11-18(16)23)25-13(2)15-5-4-6-17(22)19(15)21/h4-13,25H,1-3H3,(H,24,26)/b10-9+/t12-,13+/m1/s1. The van der Waals surface area contributed by atoms with Crippen molar-refractivity contribution >= 4 is 33.0 Å². The van der Waals surface area contributed by atoms with Crippen molar-refractivity contribution in [2.45, 2.75) is 25.9 Å². The third-order valence-corrected chi connectivity index (χ3v) is 5.07. The Hall–Kier alpha value is -2.45. The molecular weight excluding hydrogens is 422 g/mol. The molecule has 0 saturated carbocycles. The molecule has 5 nitrogen and oxygen atoms in total. The minimum Gasteiger partial charge on any atom is -0.378 e. The van der Waals surface area contributed by atoms with Gasteiger partial charge in [-0.15, -0.1) is 0 Å². The molecule has 0 saturated heterocycles. The van der Waals surface area contributed by atoms with Crippen LogP contribution in [0, 0.1) is 11.6 Å². The molecule has 0 bridgehead atoms. The summed E-state index contributed by atoms with van der Waals surface area (Å²) < 4.78 is 50.3. The molecule has 0 radical (unpaired) electrons. The van der Waals surface area contributed by atoms with Crippen LogP contribution >= 0.6 is 11.6 Å². The summed E-state index contributed by atoms with van der Waals surface area (Å²) in [4.78, 5) is 12.2. The second-order valence-corrected chi connectivity index (χ2v) is 8.93. The van der Waals surface area contributed by atoms with Crippen LogP contribution in [0.3, 0.4) is 0 Å². The molecule has 0 fully saturated rings. The van der Waals surface area contributed by atoms with E-state index in [2.05, 4.69) is 10.6 Å². The van der Waals surface area contributed by atoms with Gasteiger partial charge in [0.05, 0.1) is 16.6 Å². The second kappa shape index (κ2) is 9.37. The summed E-state index contributed by atoms with van der Waals surface area (Å²) in [5.74, 6) is -1.99. The van der Waals surface area contributed by atoms with Gasteiger partial charge < -0.3 is 10.6 Å². The van der Waals surface area contributed by atoms with Crippen LogP contribution in [0.15, 0.2) is 47.9 Å². The van der Waals surface area contributed by atoms with E-state index >= 15 is 0 Å². The fourth-order valence-corrected chi connectivity index (χ4v) is 3.38. The van der Waals surface area contributed by atoms with Crippen molar-refractivity contribution in [1.82, 2.24) is 5.32 Å². The van der Waals surface area contributed by atoms with E-state index in [4.69, 9.17) is 11.6 Å². The van der Waals surface area contributed by atoms with E-state index in [9.17, 15) is 22.0 Å². The van der Waals surface area contributed by atoms with Gasteiger partial charge >= 0.3 is 0 Å². The molecule has 0 aliphatic rings. The number of amides is 1. The van der Waals surface area contributed by atoms with E-state index in [0.29, 0.717) is 11.3 Å². The summed E-state index contributed by atoms with van der Waals surface area (Å²) in [7, 11) is -3.32. The summed E-state index contributed by atoms with van der Waals surface area (Å²) in [6.07, 6.45) is 2.33. The van der Waals surface area contributed by atoms with Gasteiger partial charge in [0.1, 0.15) is 11.6 Å². The highest BCUT2D eigenvalue weighted by atomic mass is 35.5. The number of hydrogen-bond donors (Lipinski definition) is 2. The lowest BCUT2D eigenvalue weighted by atomic mass is 10.1. The smallest absolute Gasteiger partial charge is 0.254 e. The molecule has 2 rings (SSSR count). The monoisotopic (exact) mass is 442 g/mol. The number of nitrogens with one attached hydrogen (secondary N) is 2. The summed E-state index contributed by atoms with van der Waals surface area (Å²) in [5.41, 5.74) is 0.712. The first-order chi connectivity index (χ1) is 13.5. The van der Waals surface area contributed by atoms with Crippen molar-refractivity contribution in [3.8, 4) is 0 Å². The molecule has 2 aromatic rings. The van der Waals surface area contributed by atoms with Crippen LogP contribution in [0.1, 0.15) is 35.8 Å². The first-order valence-corrected chi connectivity index (χ1v) is 11.0. The molecule has 2 atom stereocenters. The summed E-state index contributed by atoms with van der Waals surface area (Å²) in [6, 6.07) is 7.39. The van der Waals surface area contributed by atoms with Gasteiger partial charge in [-0.05, 0) is 43.7 Å². The molecule has 0 aliphatic carbocycles. The maximum absolute atomic E-state index is 14.4. The lowest BCUT2D eigenvalue weighted by Crippen LogP contribution is -2.31. The summed E-state index contributed by atoms with van der Waals surface area (Å²) in [5, 5.41) is 6.47. The maximum atomic E-state index is 14.4. The third-order valence-electron chi connectivity index (χ3n) is 4.02. The molecule has 2 N–H and O–H groups in total. The van der Waals surface area contributed by atoms with Crippen LogP contribution < -0.4 is 10.6 Å². The Balaban J connectivity index is 2.10. The molecule has 2 aromatic carbocycles. The zero-order valence-electron chi connectivity index (χ0n) is 16.0. The molecule has 0 spiro atoms. The fraction of sp³-hybridized carbons (Fsp3) is 0.250. The van der Waals surface area contributed by atoms with Crippen LogP contribution in [0.25, 0.3) is 0 Å². The van der Waals surface area contributed by atoms with E-state index in [1.807, 2.05) is 0 Å². The molecule has 0 unspecified atom stereocenters. The van der Waals surface area contributed by atoms with E-state index < -0.39 is 39.5 Å². The van der Waals surface area contributed by atoms with Gasteiger partial charge in [0.15, 0.2) is 9.84 Å². The van der Waals surface area contributed by atoms with Crippen molar-refractivity contribution in [2.75, 3.05) is 11.6 Å². The van der Waals surface area contributed by atoms with Crippen LogP contribution in [-0.4, -0.2) is 26.6 Å². The average molecular weight is 443 g/mol. The highest BCUT2D eigenvalue weighted by molar-refractivity contribution is 7.93. The van der Waals surface area contributed by atoms with Crippen molar-refractivity contribution in [1.29, 1.82) is 0 Å². The Morgan fingerprint density at radius 2 is 1.83 bits per heavy atom. The quantitative estimate of drug-likeness (QED) is 0.663. The van der Waals surface area contributed by atoms with Gasteiger partial charge in [-0.1, -0.05) is 29.8 Å². The van der Waals surface area contributed by atoms with Gasteiger partial charge in [0.25, 0.3) is 5.91 Å². The van der Waals surface area contributed by atoms with Gasteiger partial charge in [-0.2, -0.15) is 0 Å². The largest absolute Gasteiger partial charge is 0.378 e. The Morgan fingerprint density at radius 1 is 1.14 bits per heavy atom. The van der Waals surface area contributed by atoms with Crippen LogP contribution in [0.5, 0.6) is 0 Å². The van der Waals surface area contributed by atoms with Crippen LogP contribution in [-0.2, 0) is 9.84 Å². The van der Waals surface area contributed by atoms with Gasteiger partial charge in [0.2, 0.25) is 0 Å². The van der Waals surface area contributed by atoms with Crippen molar-refractivity contribution in [3.63, 3.8) is 0 Å². The SMILES string of the molecule is C[C@H](/C=C/S(C)(=O)=O)NC(=O)c1ccc(N[C@@H](C)c2cccc(F)c2Cl)cc1F. The molecule has 0 aliphatic heterocycles. The topological polar surface area (TPSA) is 75.3 Å². The Labute approximate surface area is 173 Å². The minimum absolute atomic E-state index is 0.0138. The first-order valence-electron chi connectivity index (χ1n) is 8.67. The van der Waals surface area contributed by atoms with Crippen LogP contribution in [0.2, 0.25) is 5.02 Å². The number of halogens is 3. The van der Waals surface area contributed by atoms with Gasteiger partial charge in [-0.25, -0.2) is 17.2 Å². The molecule has 29 heavy (non-hydrogen) atoms. The minimum atomic E-state index is -3.32. The maximum Gasteiger partial charge on any atom is 0.254 e. The van der Waals surface area contributed by atoms with Crippen molar-refractivity contribution in [3.05, 3.63) is 75.7 Å². The summed E-state index contributed by atoms with van der Waals surface area (Å²) >= 11 is 5.97. The molecule has 9 heteroatoms. The molecule has 0 heterocycles. The molecule has 0 aromatic heterocycles. The van der Waals surface area contributed by atoms with E-state index in [0.717, 1.165) is 17.7 Å². The number of sulfone groups is 1.